The number of aromatic nitrogens is 4. The minimum absolute atomic E-state index is 0.0889. The molecule has 2 rings (SSSR count). The summed E-state index contributed by atoms with van der Waals surface area (Å²) in [4.78, 5) is 24.6. The third-order valence-electron chi connectivity index (χ3n) is 2.16. The zero-order valence-electron chi connectivity index (χ0n) is 9.38. The van der Waals surface area contributed by atoms with E-state index in [1.807, 2.05) is 0 Å². The van der Waals surface area contributed by atoms with Gasteiger partial charge in [0.15, 0.2) is 17.5 Å². The van der Waals surface area contributed by atoms with E-state index in [-0.39, 0.29) is 31.3 Å². The second kappa shape index (κ2) is 5.58. The molecular formula is C9H13N5O4. The summed E-state index contributed by atoms with van der Waals surface area (Å²) < 4.78 is 5.06. The van der Waals surface area contributed by atoms with Crippen molar-refractivity contribution in [2.75, 3.05) is 18.7 Å². The van der Waals surface area contributed by atoms with Gasteiger partial charge in [-0.2, -0.15) is 4.98 Å². The number of hydrogen-bond acceptors (Lipinski definition) is 7. The first kappa shape index (κ1) is 12.5. The van der Waals surface area contributed by atoms with Gasteiger partial charge >= 0.3 is 0 Å². The van der Waals surface area contributed by atoms with Gasteiger partial charge in [0.1, 0.15) is 6.73 Å². The molecule has 2 aromatic heterocycles. The summed E-state index contributed by atoms with van der Waals surface area (Å²) in [6.07, 6.45) is 0.114. The summed E-state index contributed by atoms with van der Waals surface area (Å²) in [5, 5.41) is 19.9. The highest BCUT2D eigenvalue weighted by atomic mass is 16.5. The highest BCUT2D eigenvalue weighted by Gasteiger charge is 2.05. The number of aliphatic hydroxyl groups excluding tert-OH is 1. The van der Waals surface area contributed by atoms with Crippen molar-refractivity contribution in [1.82, 2.24) is 19.9 Å². The van der Waals surface area contributed by atoms with Crippen LogP contribution in [0.25, 0.3) is 11.2 Å². The summed E-state index contributed by atoms with van der Waals surface area (Å²) >= 11 is 0. The van der Waals surface area contributed by atoms with Crippen LogP contribution in [-0.4, -0.2) is 49.8 Å². The first-order valence-corrected chi connectivity index (χ1v) is 5.28. The number of ether oxygens (including phenoxy) is 1. The standard InChI is InChI=1S/C9H13N5O4/c15-5(16)1-2-18-4-12-9-13-7-6(8(17)14-9)10-3-11-7/h3,5,15-16H,1-2,4H2,(H3,10,11,12,13,14,17). The number of imidazole rings is 1. The van der Waals surface area contributed by atoms with Crippen molar-refractivity contribution in [3.05, 3.63) is 16.7 Å². The third-order valence-corrected chi connectivity index (χ3v) is 2.16. The van der Waals surface area contributed by atoms with Gasteiger partial charge < -0.3 is 25.3 Å². The molecule has 2 heterocycles. The van der Waals surface area contributed by atoms with E-state index in [1.165, 1.54) is 6.33 Å². The molecule has 0 atom stereocenters. The third kappa shape index (κ3) is 3.03. The maximum absolute atomic E-state index is 11.5. The van der Waals surface area contributed by atoms with Crippen LogP contribution >= 0.6 is 0 Å². The van der Waals surface area contributed by atoms with E-state index < -0.39 is 6.29 Å². The second-order valence-electron chi connectivity index (χ2n) is 3.51. The Balaban J connectivity index is 1.90. The summed E-state index contributed by atoms with van der Waals surface area (Å²) in [7, 11) is 0. The molecule has 0 bridgehead atoms. The van der Waals surface area contributed by atoms with Crippen LogP contribution in [0.4, 0.5) is 5.95 Å². The van der Waals surface area contributed by atoms with Crippen LogP contribution in [0.1, 0.15) is 6.42 Å². The molecule has 9 nitrogen and oxygen atoms in total. The van der Waals surface area contributed by atoms with E-state index >= 15 is 0 Å². The Morgan fingerprint density at radius 2 is 2.33 bits per heavy atom. The number of nitrogens with one attached hydrogen (secondary N) is 3. The van der Waals surface area contributed by atoms with Crippen molar-refractivity contribution in [3.8, 4) is 0 Å². The van der Waals surface area contributed by atoms with Crippen LogP contribution in [0.3, 0.4) is 0 Å². The van der Waals surface area contributed by atoms with E-state index in [0.29, 0.717) is 11.2 Å². The fourth-order valence-corrected chi connectivity index (χ4v) is 1.31. The molecule has 0 aliphatic carbocycles. The van der Waals surface area contributed by atoms with Crippen LogP contribution in [0.2, 0.25) is 0 Å². The topological polar surface area (TPSA) is 136 Å². The number of nitrogens with zero attached hydrogens (tertiary/aromatic N) is 2. The first-order chi connectivity index (χ1) is 8.66. The lowest BCUT2D eigenvalue weighted by molar-refractivity contribution is -0.0599. The SMILES string of the molecule is O=c1[nH]c(NCOCCC(O)O)nc2nc[nH]c12. The van der Waals surface area contributed by atoms with Gasteiger partial charge in [0, 0.05) is 6.42 Å². The van der Waals surface area contributed by atoms with E-state index in [2.05, 4.69) is 25.3 Å². The Bertz CT molecular complexity index is 563. The number of rotatable bonds is 6. The largest absolute Gasteiger partial charge is 0.368 e. The molecule has 0 saturated heterocycles. The quantitative estimate of drug-likeness (QED) is 0.321. The lowest BCUT2D eigenvalue weighted by atomic mass is 10.4. The molecule has 0 aromatic carbocycles. The minimum Gasteiger partial charge on any atom is -0.368 e. The summed E-state index contributed by atoms with van der Waals surface area (Å²) in [5.41, 5.74) is 0.294. The lowest BCUT2D eigenvalue weighted by Crippen LogP contribution is -2.17. The van der Waals surface area contributed by atoms with Crippen LogP contribution in [0, 0.1) is 0 Å². The van der Waals surface area contributed by atoms with Crippen molar-refractivity contribution in [1.29, 1.82) is 0 Å². The zero-order chi connectivity index (χ0) is 13.0. The normalized spacial score (nSPS) is 11.3. The van der Waals surface area contributed by atoms with Gasteiger partial charge in [0.2, 0.25) is 5.95 Å². The maximum Gasteiger partial charge on any atom is 0.278 e. The molecule has 0 unspecified atom stereocenters. The Kier molecular flexibility index (Phi) is 3.87. The molecule has 5 N–H and O–H groups in total. The van der Waals surface area contributed by atoms with E-state index in [9.17, 15) is 4.79 Å². The number of fused-ring (bicyclic) bond motifs is 1. The van der Waals surface area contributed by atoms with Gasteiger partial charge in [-0.15, -0.1) is 0 Å². The van der Waals surface area contributed by atoms with Gasteiger partial charge in [0.05, 0.1) is 12.9 Å². The molecule has 0 fully saturated rings. The Labute approximate surface area is 101 Å². The van der Waals surface area contributed by atoms with Crippen LogP contribution in [-0.2, 0) is 4.74 Å². The van der Waals surface area contributed by atoms with Crippen molar-refractivity contribution < 1.29 is 14.9 Å². The molecule has 0 aliphatic heterocycles. The maximum atomic E-state index is 11.5. The Hall–Kier alpha value is -1.97. The van der Waals surface area contributed by atoms with Crippen LogP contribution in [0.15, 0.2) is 11.1 Å². The molecule has 18 heavy (non-hydrogen) atoms. The fraction of sp³-hybridized carbons (Fsp3) is 0.444. The molecule has 0 spiro atoms. The fourth-order valence-electron chi connectivity index (χ4n) is 1.31. The zero-order valence-corrected chi connectivity index (χ0v) is 9.38. The number of H-pyrrole nitrogens is 2. The van der Waals surface area contributed by atoms with Crippen molar-refractivity contribution in [2.24, 2.45) is 0 Å². The molecular weight excluding hydrogens is 242 g/mol. The average molecular weight is 255 g/mol. The van der Waals surface area contributed by atoms with Crippen molar-refractivity contribution in [2.45, 2.75) is 12.7 Å². The molecule has 98 valence electrons. The number of hydrogen-bond donors (Lipinski definition) is 5. The summed E-state index contributed by atoms with van der Waals surface area (Å²) in [6.45, 7) is 0.269. The molecule has 0 saturated carbocycles. The lowest BCUT2D eigenvalue weighted by Gasteiger charge is -2.07. The number of aromatic amines is 2. The van der Waals surface area contributed by atoms with E-state index in [0.717, 1.165) is 0 Å². The molecule has 2 aromatic rings. The molecule has 0 aliphatic rings. The van der Waals surface area contributed by atoms with Crippen molar-refractivity contribution >= 4 is 17.1 Å². The number of aliphatic hydroxyl groups is 2. The monoisotopic (exact) mass is 255 g/mol. The van der Waals surface area contributed by atoms with Gasteiger partial charge in [-0.1, -0.05) is 0 Å². The van der Waals surface area contributed by atoms with Crippen LogP contribution < -0.4 is 10.9 Å². The van der Waals surface area contributed by atoms with E-state index in [1.54, 1.807) is 0 Å². The predicted molar refractivity (Wildman–Crippen MR) is 61.8 cm³/mol. The Morgan fingerprint density at radius 1 is 1.50 bits per heavy atom. The molecule has 0 amide bonds. The van der Waals surface area contributed by atoms with Gasteiger partial charge in [-0.3, -0.25) is 9.78 Å². The molecule has 9 heteroatoms. The highest BCUT2D eigenvalue weighted by Crippen LogP contribution is 2.02. The van der Waals surface area contributed by atoms with Gasteiger partial charge in [-0.25, -0.2) is 4.98 Å². The average Bonchev–Trinajstić information content (AvgIpc) is 2.77. The minimum atomic E-state index is -1.39. The van der Waals surface area contributed by atoms with Crippen LogP contribution in [0.5, 0.6) is 0 Å². The summed E-state index contributed by atoms with van der Waals surface area (Å²) in [5.74, 6) is 0.240. The summed E-state index contributed by atoms with van der Waals surface area (Å²) in [6, 6.07) is 0. The smallest absolute Gasteiger partial charge is 0.278 e. The van der Waals surface area contributed by atoms with Crippen molar-refractivity contribution in [3.63, 3.8) is 0 Å². The first-order valence-electron chi connectivity index (χ1n) is 5.28. The predicted octanol–water partition coefficient (Wildman–Crippen LogP) is -1.27. The number of anilines is 1. The Morgan fingerprint density at radius 3 is 3.11 bits per heavy atom. The van der Waals surface area contributed by atoms with Gasteiger partial charge in [0.25, 0.3) is 5.56 Å². The molecule has 0 radical (unpaired) electrons. The van der Waals surface area contributed by atoms with Gasteiger partial charge in [-0.05, 0) is 0 Å². The second-order valence-corrected chi connectivity index (χ2v) is 3.51. The van der Waals surface area contributed by atoms with E-state index in [4.69, 9.17) is 14.9 Å². The highest BCUT2D eigenvalue weighted by molar-refractivity contribution is 5.69.